The van der Waals surface area contributed by atoms with Crippen LogP contribution < -0.4 is 10.5 Å². The van der Waals surface area contributed by atoms with Crippen molar-refractivity contribution < 1.29 is 19.0 Å². The number of aromatic nitrogens is 1. The van der Waals surface area contributed by atoms with Gasteiger partial charge < -0.3 is 24.8 Å². The Balaban J connectivity index is 1.50. The average molecular weight is 405 g/mol. The number of carbonyl (C=O) groups excluding carboxylic acids is 1. The maximum Gasteiger partial charge on any atom is 0.254 e. The summed E-state index contributed by atoms with van der Waals surface area (Å²) in [5.74, 6) is 1.21. The molecule has 7 heteroatoms. The summed E-state index contributed by atoms with van der Waals surface area (Å²) in [7, 11) is 3.46. The summed E-state index contributed by atoms with van der Waals surface area (Å²) in [5.41, 5.74) is 11.5. The molecular formula is C23H23N3O4. The van der Waals surface area contributed by atoms with E-state index in [2.05, 4.69) is 4.98 Å². The van der Waals surface area contributed by atoms with Gasteiger partial charge in [0, 0.05) is 23.6 Å². The predicted octanol–water partition coefficient (Wildman–Crippen LogP) is 3.20. The molecule has 0 saturated carbocycles. The van der Waals surface area contributed by atoms with Crippen LogP contribution in [0, 0.1) is 0 Å². The first-order valence-corrected chi connectivity index (χ1v) is 9.87. The molecule has 0 saturated heterocycles. The van der Waals surface area contributed by atoms with Gasteiger partial charge in [0.1, 0.15) is 11.6 Å². The number of hydrogen-bond donors (Lipinski definition) is 1. The van der Waals surface area contributed by atoms with E-state index < -0.39 is 0 Å². The number of nitrogen functional groups attached to an aromatic ring is 1. The third-order valence-electron chi connectivity index (χ3n) is 6.01. The van der Waals surface area contributed by atoms with Crippen LogP contribution in [-0.2, 0) is 29.3 Å². The molecule has 1 amide bonds. The van der Waals surface area contributed by atoms with E-state index in [1.165, 1.54) is 0 Å². The van der Waals surface area contributed by atoms with E-state index in [0.717, 1.165) is 38.9 Å². The Morgan fingerprint density at radius 2 is 1.97 bits per heavy atom. The minimum Gasteiger partial charge on any atom is -0.497 e. The van der Waals surface area contributed by atoms with Gasteiger partial charge in [-0.25, -0.2) is 4.98 Å². The molecule has 2 aliphatic rings. The van der Waals surface area contributed by atoms with Crippen LogP contribution in [0.25, 0.3) is 10.9 Å². The van der Waals surface area contributed by atoms with Gasteiger partial charge in [-0.1, -0.05) is 6.07 Å². The Morgan fingerprint density at radius 3 is 2.80 bits per heavy atom. The van der Waals surface area contributed by atoms with E-state index in [1.54, 1.807) is 18.1 Å². The predicted molar refractivity (Wildman–Crippen MR) is 112 cm³/mol. The quantitative estimate of drug-likeness (QED) is 0.720. The van der Waals surface area contributed by atoms with Crippen molar-refractivity contribution in [2.45, 2.75) is 25.9 Å². The van der Waals surface area contributed by atoms with Crippen LogP contribution in [0.3, 0.4) is 0 Å². The second-order valence-corrected chi connectivity index (χ2v) is 7.69. The number of ether oxygens (including phenoxy) is 3. The smallest absolute Gasteiger partial charge is 0.254 e. The number of rotatable bonds is 3. The van der Waals surface area contributed by atoms with Gasteiger partial charge in [0.05, 0.1) is 45.1 Å². The van der Waals surface area contributed by atoms with Crippen molar-refractivity contribution in [3.63, 3.8) is 0 Å². The number of hydrogen-bond acceptors (Lipinski definition) is 6. The fourth-order valence-corrected chi connectivity index (χ4v) is 4.30. The Morgan fingerprint density at radius 1 is 1.13 bits per heavy atom. The zero-order chi connectivity index (χ0) is 20.8. The van der Waals surface area contributed by atoms with Gasteiger partial charge >= 0.3 is 0 Å². The van der Waals surface area contributed by atoms with Gasteiger partial charge in [-0.15, -0.1) is 0 Å². The summed E-state index contributed by atoms with van der Waals surface area (Å²) in [4.78, 5) is 19.6. The van der Waals surface area contributed by atoms with Crippen LogP contribution in [-0.4, -0.2) is 36.6 Å². The number of benzene rings is 2. The lowest BCUT2D eigenvalue weighted by atomic mass is 9.96. The molecule has 0 fully saturated rings. The molecule has 1 atom stereocenters. The highest BCUT2D eigenvalue weighted by Gasteiger charge is 2.29. The Kier molecular flexibility index (Phi) is 4.56. The molecule has 154 valence electrons. The molecule has 2 aliphatic heterocycles. The number of nitrogens with two attached hydrogens (primary N) is 1. The summed E-state index contributed by atoms with van der Waals surface area (Å²) in [6.45, 7) is 1.91. The molecule has 2 aromatic carbocycles. The lowest BCUT2D eigenvalue weighted by Crippen LogP contribution is -2.36. The van der Waals surface area contributed by atoms with Crippen LogP contribution in [0.15, 0.2) is 36.4 Å². The number of methoxy groups -OCH3 is 1. The van der Waals surface area contributed by atoms with Crippen molar-refractivity contribution in [1.82, 2.24) is 9.88 Å². The van der Waals surface area contributed by atoms with Gasteiger partial charge in [-0.3, -0.25) is 4.79 Å². The molecule has 7 nitrogen and oxygen atoms in total. The Labute approximate surface area is 174 Å². The molecule has 0 aliphatic carbocycles. The molecule has 30 heavy (non-hydrogen) atoms. The zero-order valence-electron chi connectivity index (χ0n) is 17.0. The molecule has 0 unspecified atom stereocenters. The van der Waals surface area contributed by atoms with Gasteiger partial charge in [0.2, 0.25) is 0 Å². The van der Waals surface area contributed by atoms with E-state index in [4.69, 9.17) is 19.9 Å². The molecule has 0 radical (unpaired) electrons. The van der Waals surface area contributed by atoms with Crippen molar-refractivity contribution in [3.05, 3.63) is 64.2 Å². The number of pyridine rings is 1. The fraction of sp³-hybridized carbons (Fsp3) is 0.304. The molecule has 2 N–H and O–H groups in total. The van der Waals surface area contributed by atoms with Crippen molar-refractivity contribution in [1.29, 1.82) is 0 Å². The van der Waals surface area contributed by atoms with Crippen LogP contribution in [0.4, 0.5) is 5.82 Å². The van der Waals surface area contributed by atoms with E-state index in [0.29, 0.717) is 37.8 Å². The molecular weight excluding hydrogens is 382 g/mol. The number of amides is 1. The minimum atomic E-state index is -0.165. The fourth-order valence-electron chi connectivity index (χ4n) is 4.30. The van der Waals surface area contributed by atoms with Crippen LogP contribution in [0.2, 0.25) is 0 Å². The number of nitrogens with zero attached hydrogens (tertiary/aromatic N) is 2. The van der Waals surface area contributed by atoms with Crippen LogP contribution in [0.5, 0.6) is 5.75 Å². The summed E-state index contributed by atoms with van der Waals surface area (Å²) in [6.07, 6.45) is 0. The number of anilines is 1. The molecule has 3 heterocycles. The monoisotopic (exact) mass is 405 g/mol. The lowest BCUT2D eigenvalue weighted by Gasteiger charge is -2.33. The topological polar surface area (TPSA) is 86.9 Å². The standard InChI is InChI=1S/C23H23N3O4/c1-26(21-12-29-9-14-7-15(28-2)4-5-16(14)21)23(27)13-3-6-20-17(8-13)18-10-30-11-19(18)22(24)25-20/h3-8,21H,9-12H2,1-2H3,(H2,24,25)/t21-/m1/s1. The van der Waals surface area contributed by atoms with Crippen LogP contribution >= 0.6 is 0 Å². The first kappa shape index (κ1) is 18.8. The summed E-state index contributed by atoms with van der Waals surface area (Å²) < 4.78 is 16.6. The van der Waals surface area contributed by atoms with E-state index in [-0.39, 0.29) is 11.9 Å². The van der Waals surface area contributed by atoms with Gasteiger partial charge in [-0.2, -0.15) is 0 Å². The number of likely N-dealkylation sites (N-methyl/N-ethyl adjacent to an activating group) is 1. The Hall–Kier alpha value is -3.16. The highest BCUT2D eigenvalue weighted by Crippen LogP contribution is 2.34. The van der Waals surface area contributed by atoms with Crippen molar-refractivity contribution in [2.75, 3.05) is 26.5 Å². The SMILES string of the molecule is COc1ccc2c(c1)COC[C@H]2N(C)C(=O)c1ccc2nc(N)c3c(c2c1)COC3. The first-order chi connectivity index (χ1) is 14.6. The minimum absolute atomic E-state index is 0.0707. The van der Waals surface area contributed by atoms with Gasteiger partial charge in [0.15, 0.2) is 0 Å². The van der Waals surface area contributed by atoms with Crippen molar-refractivity contribution in [2.24, 2.45) is 0 Å². The van der Waals surface area contributed by atoms with E-state index in [1.807, 2.05) is 37.4 Å². The normalized spacial score (nSPS) is 17.5. The van der Waals surface area contributed by atoms with Crippen molar-refractivity contribution in [3.8, 4) is 5.75 Å². The highest BCUT2D eigenvalue weighted by atomic mass is 16.5. The lowest BCUT2D eigenvalue weighted by molar-refractivity contribution is 0.0345. The molecule has 0 spiro atoms. The largest absolute Gasteiger partial charge is 0.497 e. The maximum atomic E-state index is 13.4. The van der Waals surface area contributed by atoms with Crippen LogP contribution in [0.1, 0.15) is 38.7 Å². The second-order valence-electron chi connectivity index (χ2n) is 7.69. The maximum absolute atomic E-state index is 13.4. The number of fused-ring (bicyclic) bond motifs is 4. The Bertz CT molecular complexity index is 1160. The van der Waals surface area contributed by atoms with E-state index >= 15 is 0 Å². The van der Waals surface area contributed by atoms with Gasteiger partial charge in [-0.05, 0) is 47.0 Å². The second kappa shape index (κ2) is 7.27. The highest BCUT2D eigenvalue weighted by molar-refractivity contribution is 5.99. The van der Waals surface area contributed by atoms with Gasteiger partial charge in [0.25, 0.3) is 5.91 Å². The molecule has 0 bridgehead atoms. The molecule has 3 aromatic rings. The van der Waals surface area contributed by atoms with Crippen molar-refractivity contribution >= 4 is 22.6 Å². The first-order valence-electron chi connectivity index (χ1n) is 9.87. The average Bonchev–Trinajstić information content (AvgIpc) is 3.28. The summed E-state index contributed by atoms with van der Waals surface area (Å²) in [6, 6.07) is 11.3. The van der Waals surface area contributed by atoms with E-state index in [9.17, 15) is 4.79 Å². The number of carbonyl (C=O) groups is 1. The summed E-state index contributed by atoms with van der Waals surface area (Å²) in [5, 5.41) is 0.918. The third-order valence-corrected chi connectivity index (χ3v) is 6.01. The molecule has 5 rings (SSSR count). The molecule has 1 aromatic heterocycles. The zero-order valence-corrected chi connectivity index (χ0v) is 17.0. The summed E-state index contributed by atoms with van der Waals surface area (Å²) >= 11 is 0. The third kappa shape index (κ3) is 2.98.